The van der Waals surface area contributed by atoms with Gasteiger partial charge in [-0.25, -0.2) is 8.78 Å². The molecule has 3 atom stereocenters. The van der Waals surface area contributed by atoms with Gasteiger partial charge < -0.3 is 25.8 Å². The lowest BCUT2D eigenvalue weighted by atomic mass is 9.86. The first-order valence-electron chi connectivity index (χ1n) is 11.6. The maximum Gasteiger partial charge on any atom is 0.217 e. The first-order valence-corrected chi connectivity index (χ1v) is 11.6. The molecule has 1 heterocycles. The van der Waals surface area contributed by atoms with E-state index in [4.69, 9.17) is 15.2 Å². The lowest BCUT2D eigenvalue weighted by molar-refractivity contribution is -0.119. The lowest BCUT2D eigenvalue weighted by Gasteiger charge is -2.38. The van der Waals surface area contributed by atoms with Crippen LogP contribution in [0.15, 0.2) is 36.4 Å². The molecule has 0 aromatic heterocycles. The van der Waals surface area contributed by atoms with Crippen molar-refractivity contribution in [3.05, 3.63) is 64.7 Å². The average Bonchev–Trinajstić information content (AvgIpc) is 2.71. The van der Waals surface area contributed by atoms with E-state index in [-0.39, 0.29) is 24.5 Å². The Balaban J connectivity index is 1.76. The zero-order valence-electron chi connectivity index (χ0n) is 20.5. The fraction of sp³-hybridized carbons (Fsp3) is 0.500. The van der Waals surface area contributed by atoms with E-state index in [0.29, 0.717) is 18.7 Å². The quantitative estimate of drug-likeness (QED) is 0.515. The zero-order chi connectivity index (χ0) is 25.0. The van der Waals surface area contributed by atoms with Gasteiger partial charge in [0, 0.05) is 31.6 Å². The van der Waals surface area contributed by atoms with Crippen LogP contribution in [0.25, 0.3) is 0 Å². The maximum absolute atomic E-state index is 13.7. The summed E-state index contributed by atoms with van der Waals surface area (Å²) in [5, 5.41) is 6.27. The first-order chi connectivity index (χ1) is 15.9. The van der Waals surface area contributed by atoms with E-state index in [0.717, 1.165) is 22.9 Å². The Bertz CT molecular complexity index is 993. The second-order valence-electron chi connectivity index (χ2n) is 9.65. The Morgan fingerprint density at radius 3 is 2.50 bits per heavy atom. The van der Waals surface area contributed by atoms with Gasteiger partial charge in [0.05, 0.1) is 24.4 Å². The van der Waals surface area contributed by atoms with Crippen LogP contribution < -0.4 is 21.1 Å². The molecule has 0 bridgehead atoms. The highest BCUT2D eigenvalue weighted by Gasteiger charge is 2.34. The molecule has 6 nitrogen and oxygen atoms in total. The molecular formula is C26H35F2N3O3. The van der Waals surface area contributed by atoms with E-state index in [1.54, 1.807) is 0 Å². The predicted octanol–water partition coefficient (Wildman–Crippen LogP) is 3.72. The third-order valence-corrected chi connectivity index (χ3v) is 5.91. The van der Waals surface area contributed by atoms with Crippen molar-refractivity contribution in [1.29, 1.82) is 0 Å². The molecule has 1 amide bonds. The van der Waals surface area contributed by atoms with E-state index in [1.165, 1.54) is 19.1 Å². The molecular weight excluding hydrogens is 440 g/mol. The van der Waals surface area contributed by atoms with Crippen molar-refractivity contribution in [2.75, 3.05) is 13.2 Å². The number of ether oxygens (including phenoxy) is 2. The Hall–Kier alpha value is -2.55. The molecule has 0 saturated carbocycles. The van der Waals surface area contributed by atoms with Crippen LogP contribution in [0.2, 0.25) is 0 Å². The third-order valence-electron chi connectivity index (χ3n) is 5.91. The number of rotatable bonds is 9. The van der Waals surface area contributed by atoms with Crippen LogP contribution in [0.3, 0.4) is 0 Å². The molecule has 1 aliphatic heterocycles. The Morgan fingerprint density at radius 1 is 1.21 bits per heavy atom. The van der Waals surface area contributed by atoms with Gasteiger partial charge in [0.1, 0.15) is 17.4 Å². The molecule has 0 radical (unpaired) electrons. The molecule has 0 spiro atoms. The van der Waals surface area contributed by atoms with Crippen LogP contribution >= 0.6 is 0 Å². The normalized spacial score (nSPS) is 18.8. The third kappa shape index (κ3) is 6.74. The zero-order valence-corrected chi connectivity index (χ0v) is 20.5. The van der Waals surface area contributed by atoms with Gasteiger partial charge in [-0.2, -0.15) is 0 Å². The Kier molecular flexibility index (Phi) is 8.28. The molecule has 34 heavy (non-hydrogen) atoms. The molecule has 0 fully saturated rings. The first kappa shape index (κ1) is 26.1. The molecule has 2 aromatic rings. The van der Waals surface area contributed by atoms with Gasteiger partial charge in [0.15, 0.2) is 0 Å². The fourth-order valence-corrected chi connectivity index (χ4v) is 4.32. The van der Waals surface area contributed by atoms with Crippen molar-refractivity contribution in [2.45, 2.75) is 70.9 Å². The number of halogens is 2. The number of fused-ring (bicyclic) bond motifs is 1. The summed E-state index contributed by atoms with van der Waals surface area (Å²) in [7, 11) is 0. The van der Waals surface area contributed by atoms with Crippen molar-refractivity contribution in [2.24, 2.45) is 5.73 Å². The number of nitrogens with one attached hydrogen (secondary N) is 2. The minimum absolute atomic E-state index is 0.0526. The second kappa shape index (κ2) is 10.8. The molecule has 0 aliphatic carbocycles. The van der Waals surface area contributed by atoms with E-state index in [9.17, 15) is 13.6 Å². The number of nitrogens with two attached hydrogens (primary N) is 1. The van der Waals surface area contributed by atoms with Crippen LogP contribution in [-0.2, 0) is 21.6 Å². The van der Waals surface area contributed by atoms with Crippen LogP contribution in [0.4, 0.5) is 8.78 Å². The van der Waals surface area contributed by atoms with Gasteiger partial charge in [0.25, 0.3) is 0 Å². The summed E-state index contributed by atoms with van der Waals surface area (Å²) in [6.07, 6.45) is 0.255. The van der Waals surface area contributed by atoms with Gasteiger partial charge in [-0.05, 0) is 75.1 Å². The lowest BCUT2D eigenvalue weighted by Crippen LogP contribution is -2.53. The SMILES string of the molecule is CC(=O)N[C@@H](Cc1cc(F)cc(F)c1)[C@H](N)CN[C@H]1COC(C)(C)c2ccc(OC(C)C)cc21. The molecule has 3 rings (SSSR count). The fourth-order valence-electron chi connectivity index (χ4n) is 4.32. The standard InChI is InChI=1S/C26H35F2N3O3/c1-15(2)34-20-6-7-22-21(12-20)25(14-33-26(22,4)5)30-13-23(29)24(31-16(3)32)10-17-8-18(27)11-19(28)9-17/h6-9,11-12,15,23-25,30H,10,13-14,29H2,1-5H3,(H,31,32)/t23-,24+,25+/m1/s1. The summed E-state index contributed by atoms with van der Waals surface area (Å²) in [6, 6.07) is 8.17. The number of hydrogen-bond donors (Lipinski definition) is 3. The van der Waals surface area contributed by atoms with Crippen LogP contribution in [0, 0.1) is 11.6 Å². The maximum atomic E-state index is 13.7. The summed E-state index contributed by atoms with van der Waals surface area (Å²) in [4.78, 5) is 11.8. The number of carbonyl (C=O) groups excluding carboxylic acids is 1. The van der Waals surface area contributed by atoms with Crippen molar-refractivity contribution in [3.63, 3.8) is 0 Å². The topological polar surface area (TPSA) is 85.6 Å². The highest BCUT2D eigenvalue weighted by molar-refractivity contribution is 5.73. The van der Waals surface area contributed by atoms with Gasteiger partial charge in [-0.15, -0.1) is 0 Å². The van der Waals surface area contributed by atoms with Gasteiger partial charge >= 0.3 is 0 Å². The van der Waals surface area contributed by atoms with Crippen molar-refractivity contribution in [3.8, 4) is 5.75 Å². The van der Waals surface area contributed by atoms with Gasteiger partial charge in [0.2, 0.25) is 5.91 Å². The van der Waals surface area contributed by atoms with E-state index in [2.05, 4.69) is 10.6 Å². The highest BCUT2D eigenvalue weighted by atomic mass is 19.1. The molecule has 1 aliphatic rings. The number of carbonyl (C=O) groups is 1. The van der Waals surface area contributed by atoms with Gasteiger partial charge in [-0.3, -0.25) is 4.79 Å². The molecule has 0 saturated heterocycles. The van der Waals surface area contributed by atoms with Crippen molar-refractivity contribution < 1.29 is 23.0 Å². The number of amides is 1. The van der Waals surface area contributed by atoms with E-state index < -0.39 is 29.3 Å². The predicted molar refractivity (Wildman–Crippen MR) is 128 cm³/mol. The summed E-state index contributed by atoms with van der Waals surface area (Å²) in [5.74, 6) is -0.810. The largest absolute Gasteiger partial charge is 0.491 e. The van der Waals surface area contributed by atoms with Crippen molar-refractivity contribution >= 4 is 5.91 Å². The highest BCUT2D eigenvalue weighted by Crippen LogP contribution is 2.38. The Morgan fingerprint density at radius 2 is 1.88 bits per heavy atom. The molecule has 0 unspecified atom stereocenters. The minimum atomic E-state index is -0.665. The number of benzene rings is 2. The molecule has 186 valence electrons. The van der Waals surface area contributed by atoms with E-state index in [1.807, 2.05) is 45.9 Å². The second-order valence-corrected chi connectivity index (χ2v) is 9.65. The minimum Gasteiger partial charge on any atom is -0.491 e. The summed E-state index contributed by atoms with van der Waals surface area (Å²) in [5.41, 5.74) is 8.57. The van der Waals surface area contributed by atoms with Gasteiger partial charge in [-0.1, -0.05) is 6.07 Å². The van der Waals surface area contributed by atoms with Crippen LogP contribution in [0.5, 0.6) is 5.75 Å². The summed E-state index contributed by atoms with van der Waals surface area (Å²) >= 11 is 0. The monoisotopic (exact) mass is 475 g/mol. The van der Waals surface area contributed by atoms with Crippen LogP contribution in [-0.4, -0.2) is 37.2 Å². The Labute approximate surface area is 200 Å². The molecule has 4 N–H and O–H groups in total. The molecule has 8 heteroatoms. The average molecular weight is 476 g/mol. The van der Waals surface area contributed by atoms with E-state index >= 15 is 0 Å². The smallest absolute Gasteiger partial charge is 0.217 e. The van der Waals surface area contributed by atoms with Crippen molar-refractivity contribution in [1.82, 2.24) is 10.6 Å². The molecule has 2 aromatic carbocycles. The number of hydrogen-bond acceptors (Lipinski definition) is 5. The summed E-state index contributed by atoms with van der Waals surface area (Å²) < 4.78 is 39.3. The van der Waals surface area contributed by atoms with Crippen LogP contribution in [0.1, 0.15) is 57.4 Å². The summed E-state index contributed by atoms with van der Waals surface area (Å²) in [6.45, 7) is 10.2.